The van der Waals surface area contributed by atoms with E-state index < -0.39 is 10.8 Å². The molecule has 0 saturated carbocycles. The number of amides is 1. The molecule has 0 saturated heterocycles. The molecule has 1 amide bonds. The zero-order valence-electron chi connectivity index (χ0n) is 13.3. The average Bonchev–Trinajstić information content (AvgIpc) is 2.86. The van der Waals surface area contributed by atoms with Crippen molar-refractivity contribution in [1.82, 2.24) is 4.98 Å². The van der Waals surface area contributed by atoms with Crippen LogP contribution in [-0.4, -0.2) is 15.8 Å². The third-order valence-electron chi connectivity index (χ3n) is 3.64. The number of nitro benzene ring substituents is 1. The van der Waals surface area contributed by atoms with Crippen molar-refractivity contribution < 1.29 is 9.72 Å². The van der Waals surface area contributed by atoms with E-state index in [-0.39, 0.29) is 5.69 Å². The molecule has 128 valence electrons. The number of nitrogens with one attached hydrogen (secondary N) is 1. The van der Waals surface area contributed by atoms with Gasteiger partial charge in [-0.15, -0.1) is 11.3 Å². The summed E-state index contributed by atoms with van der Waals surface area (Å²) >= 11 is 4.48. The van der Waals surface area contributed by atoms with E-state index in [1.807, 2.05) is 19.9 Å². The molecule has 7 nitrogen and oxygen atoms in total. The molecule has 25 heavy (non-hydrogen) atoms. The summed E-state index contributed by atoms with van der Waals surface area (Å²) in [6.45, 7) is 3.79. The summed E-state index contributed by atoms with van der Waals surface area (Å²) in [5, 5.41) is 14.3. The van der Waals surface area contributed by atoms with Gasteiger partial charge >= 0.3 is 0 Å². The number of hydrogen-bond donors (Lipinski definition) is 2. The molecular weight excluding hydrogens is 408 g/mol. The van der Waals surface area contributed by atoms with Gasteiger partial charge in [0.05, 0.1) is 16.3 Å². The van der Waals surface area contributed by atoms with Crippen LogP contribution in [-0.2, 0) is 0 Å². The number of thiophene rings is 1. The Morgan fingerprint density at radius 3 is 2.76 bits per heavy atom. The zero-order valence-corrected chi connectivity index (χ0v) is 15.7. The van der Waals surface area contributed by atoms with Crippen molar-refractivity contribution in [3.8, 4) is 0 Å². The molecule has 9 heteroatoms. The van der Waals surface area contributed by atoms with Gasteiger partial charge in [-0.1, -0.05) is 0 Å². The lowest BCUT2D eigenvalue weighted by atomic mass is 10.1. The number of aryl methyl sites for hydroxylation is 2. The third-order valence-corrected chi connectivity index (χ3v) is 5.43. The van der Waals surface area contributed by atoms with Crippen molar-refractivity contribution >= 4 is 60.5 Å². The van der Waals surface area contributed by atoms with Crippen LogP contribution in [0.15, 0.2) is 28.7 Å². The van der Waals surface area contributed by atoms with Crippen LogP contribution in [0.3, 0.4) is 0 Å². The molecule has 2 aromatic heterocycles. The van der Waals surface area contributed by atoms with E-state index in [1.165, 1.54) is 29.5 Å². The van der Waals surface area contributed by atoms with Gasteiger partial charge < -0.3 is 11.1 Å². The Kier molecular flexibility index (Phi) is 4.44. The molecule has 2 heterocycles. The molecule has 0 aliphatic heterocycles. The highest BCUT2D eigenvalue weighted by atomic mass is 79.9. The number of anilines is 2. The maximum absolute atomic E-state index is 12.6. The number of carbonyl (C=O) groups is 1. The van der Waals surface area contributed by atoms with Crippen LogP contribution in [0.25, 0.3) is 10.2 Å². The number of non-ortho nitro benzene ring substituents is 1. The van der Waals surface area contributed by atoms with Gasteiger partial charge in [-0.05, 0) is 47.5 Å². The molecule has 0 bridgehead atoms. The van der Waals surface area contributed by atoms with E-state index in [0.717, 1.165) is 16.6 Å². The van der Waals surface area contributed by atoms with Crippen molar-refractivity contribution in [2.75, 3.05) is 11.1 Å². The van der Waals surface area contributed by atoms with Crippen molar-refractivity contribution in [3.63, 3.8) is 0 Å². The monoisotopic (exact) mass is 420 g/mol. The maximum atomic E-state index is 12.6. The number of nitrogens with zero attached hydrogens (tertiary/aromatic N) is 2. The standard InChI is InChI=1S/C16H13BrN4O3S/c1-7-5-8(2)19-16-12(7)13(18)14(25-16)15(22)20-11-6-9(21(23)24)3-4-10(11)17/h3-6H,18H2,1-2H3,(H,20,22). The minimum Gasteiger partial charge on any atom is -0.397 e. The Labute approximate surface area is 155 Å². The molecule has 0 unspecified atom stereocenters. The lowest BCUT2D eigenvalue weighted by molar-refractivity contribution is -0.384. The van der Waals surface area contributed by atoms with Gasteiger partial charge in [0.1, 0.15) is 9.71 Å². The molecule has 3 rings (SSSR count). The van der Waals surface area contributed by atoms with Gasteiger partial charge in [-0.3, -0.25) is 14.9 Å². The molecule has 0 aliphatic rings. The number of benzene rings is 1. The highest BCUT2D eigenvalue weighted by molar-refractivity contribution is 9.10. The molecule has 0 aliphatic carbocycles. The van der Waals surface area contributed by atoms with Crippen LogP contribution in [0, 0.1) is 24.0 Å². The van der Waals surface area contributed by atoms with Crippen LogP contribution in [0.5, 0.6) is 0 Å². The summed E-state index contributed by atoms with van der Waals surface area (Å²) in [6.07, 6.45) is 0. The van der Waals surface area contributed by atoms with Gasteiger partial charge in [-0.25, -0.2) is 4.98 Å². The molecule has 0 atom stereocenters. The SMILES string of the molecule is Cc1cc(C)c2c(N)c(C(=O)Nc3cc([N+](=O)[O-])ccc3Br)sc2n1. The van der Waals surface area contributed by atoms with Crippen LogP contribution < -0.4 is 11.1 Å². The minimum absolute atomic E-state index is 0.115. The van der Waals surface area contributed by atoms with E-state index in [2.05, 4.69) is 26.2 Å². The third kappa shape index (κ3) is 3.20. The summed E-state index contributed by atoms with van der Waals surface area (Å²) in [5.41, 5.74) is 8.50. The second kappa shape index (κ2) is 6.41. The second-order valence-electron chi connectivity index (χ2n) is 5.48. The van der Waals surface area contributed by atoms with E-state index in [1.54, 1.807) is 0 Å². The predicted molar refractivity (Wildman–Crippen MR) is 102 cm³/mol. The second-order valence-corrected chi connectivity index (χ2v) is 7.33. The van der Waals surface area contributed by atoms with E-state index in [9.17, 15) is 14.9 Å². The minimum atomic E-state index is -0.522. The topological polar surface area (TPSA) is 111 Å². The number of halogens is 1. The quantitative estimate of drug-likeness (QED) is 0.481. The fourth-order valence-corrected chi connectivity index (χ4v) is 4.00. The fraction of sp³-hybridized carbons (Fsp3) is 0.125. The molecule has 0 spiro atoms. The number of aromatic nitrogens is 1. The number of carbonyl (C=O) groups excluding carboxylic acids is 1. The van der Waals surface area contributed by atoms with Crippen molar-refractivity contribution in [2.45, 2.75) is 13.8 Å². The van der Waals surface area contributed by atoms with Gasteiger partial charge in [0.15, 0.2) is 0 Å². The first-order valence-corrected chi connectivity index (χ1v) is 8.80. The molecule has 3 N–H and O–H groups in total. The number of hydrogen-bond acceptors (Lipinski definition) is 6. The first kappa shape index (κ1) is 17.3. The normalized spacial score (nSPS) is 10.8. The van der Waals surface area contributed by atoms with Crippen molar-refractivity contribution in [2.24, 2.45) is 0 Å². The van der Waals surface area contributed by atoms with E-state index >= 15 is 0 Å². The van der Waals surface area contributed by atoms with Gasteiger partial charge in [0.25, 0.3) is 11.6 Å². The molecule has 1 aromatic carbocycles. The Morgan fingerprint density at radius 1 is 1.36 bits per heavy atom. The van der Waals surface area contributed by atoms with Gasteiger partial charge in [0, 0.05) is 27.7 Å². The fourth-order valence-electron chi connectivity index (χ4n) is 2.54. The van der Waals surface area contributed by atoms with Crippen LogP contribution >= 0.6 is 27.3 Å². The highest BCUT2D eigenvalue weighted by Crippen LogP contribution is 2.36. The first-order valence-electron chi connectivity index (χ1n) is 7.19. The zero-order chi connectivity index (χ0) is 18.3. The lowest BCUT2D eigenvalue weighted by Crippen LogP contribution is -2.12. The maximum Gasteiger partial charge on any atom is 0.271 e. The molecular formula is C16H13BrN4O3S. The predicted octanol–water partition coefficient (Wildman–Crippen LogP) is 4.42. The number of nitro groups is 1. The number of nitrogen functional groups attached to an aromatic ring is 1. The van der Waals surface area contributed by atoms with Crippen LogP contribution in [0.4, 0.5) is 17.1 Å². The molecule has 0 fully saturated rings. The van der Waals surface area contributed by atoms with Gasteiger partial charge in [0.2, 0.25) is 0 Å². The summed E-state index contributed by atoms with van der Waals surface area (Å²) in [6, 6.07) is 6.06. The molecule has 3 aromatic rings. The molecule has 0 radical (unpaired) electrons. The number of rotatable bonds is 3. The Bertz CT molecular complexity index is 1030. The Morgan fingerprint density at radius 2 is 2.08 bits per heavy atom. The van der Waals surface area contributed by atoms with Crippen LogP contribution in [0.2, 0.25) is 0 Å². The summed E-state index contributed by atoms with van der Waals surface area (Å²) in [7, 11) is 0. The van der Waals surface area contributed by atoms with E-state index in [0.29, 0.717) is 25.6 Å². The average molecular weight is 421 g/mol. The van der Waals surface area contributed by atoms with Crippen molar-refractivity contribution in [3.05, 3.63) is 55.0 Å². The summed E-state index contributed by atoms with van der Waals surface area (Å²) in [4.78, 5) is 28.5. The smallest absolute Gasteiger partial charge is 0.271 e. The highest BCUT2D eigenvalue weighted by Gasteiger charge is 2.20. The van der Waals surface area contributed by atoms with Gasteiger partial charge in [-0.2, -0.15) is 0 Å². The lowest BCUT2D eigenvalue weighted by Gasteiger charge is -2.07. The van der Waals surface area contributed by atoms with Crippen molar-refractivity contribution in [1.29, 1.82) is 0 Å². The summed E-state index contributed by atoms with van der Waals surface area (Å²) in [5.74, 6) is -0.432. The largest absolute Gasteiger partial charge is 0.397 e. The van der Waals surface area contributed by atoms with E-state index in [4.69, 9.17) is 5.73 Å². The number of pyridine rings is 1. The first-order chi connectivity index (χ1) is 11.8. The Balaban J connectivity index is 2.01. The number of fused-ring (bicyclic) bond motifs is 1. The summed E-state index contributed by atoms with van der Waals surface area (Å²) < 4.78 is 0.538. The number of nitrogens with two attached hydrogens (primary N) is 1. The Hall–Kier alpha value is -2.52. The van der Waals surface area contributed by atoms with Crippen LogP contribution in [0.1, 0.15) is 20.9 Å².